The molecule has 3 aromatic heterocycles. The number of carbonyl (C=O) groups excluding carboxylic acids is 1. The number of para-hydroxylation sites is 1. The minimum atomic E-state index is 0.119. The third kappa shape index (κ3) is 4.03. The number of rotatable bonds is 7. The number of fused-ring (bicyclic) bond motifs is 1. The molecule has 0 bridgehead atoms. The smallest absolute Gasteiger partial charge is 0.223 e. The van der Waals surface area contributed by atoms with E-state index in [9.17, 15) is 4.79 Å². The van der Waals surface area contributed by atoms with E-state index in [1.165, 1.54) is 9.58 Å². The molecular formula is C20H18N2O2S2. The van der Waals surface area contributed by atoms with Crippen LogP contribution in [0.15, 0.2) is 64.6 Å². The van der Waals surface area contributed by atoms with E-state index >= 15 is 0 Å². The normalized spacial score (nSPS) is 11.1. The van der Waals surface area contributed by atoms with Crippen molar-refractivity contribution in [1.82, 2.24) is 9.88 Å². The summed E-state index contributed by atoms with van der Waals surface area (Å²) < 4.78 is 6.60. The van der Waals surface area contributed by atoms with Crippen molar-refractivity contribution in [3.05, 3.63) is 75.8 Å². The first kappa shape index (κ1) is 17.0. The fraction of sp³-hybridized carbons (Fsp3) is 0.200. The minimum Gasteiger partial charge on any atom is -0.467 e. The standard InChI is InChI=1S/C20H18N2O2S2/c23-20(10-9-19-21-17-7-1-2-8-18(17)26-19)22(13-15-5-3-11-24-15)14-16-6-4-12-25-16/h1-8,11-12H,9-10,13-14H2. The van der Waals surface area contributed by atoms with E-state index < -0.39 is 0 Å². The van der Waals surface area contributed by atoms with Crippen LogP contribution in [0.3, 0.4) is 0 Å². The quantitative estimate of drug-likeness (QED) is 0.446. The average molecular weight is 383 g/mol. The Morgan fingerprint density at radius 1 is 1.08 bits per heavy atom. The number of furan rings is 1. The van der Waals surface area contributed by atoms with E-state index in [2.05, 4.69) is 17.1 Å². The summed E-state index contributed by atoms with van der Waals surface area (Å²) in [4.78, 5) is 20.5. The van der Waals surface area contributed by atoms with Gasteiger partial charge in [-0.3, -0.25) is 4.79 Å². The Bertz CT molecular complexity index is 905. The van der Waals surface area contributed by atoms with E-state index in [1.807, 2.05) is 46.7 Å². The highest BCUT2D eigenvalue weighted by atomic mass is 32.1. The number of thiazole rings is 1. The van der Waals surface area contributed by atoms with E-state index in [0.29, 0.717) is 25.9 Å². The highest BCUT2D eigenvalue weighted by molar-refractivity contribution is 7.18. The zero-order chi connectivity index (χ0) is 17.8. The van der Waals surface area contributed by atoms with Gasteiger partial charge in [-0.1, -0.05) is 18.2 Å². The molecule has 4 rings (SSSR count). The molecule has 0 spiro atoms. The Balaban J connectivity index is 1.44. The number of amides is 1. The lowest BCUT2D eigenvalue weighted by Crippen LogP contribution is -2.29. The Morgan fingerprint density at radius 2 is 2.00 bits per heavy atom. The number of aryl methyl sites for hydroxylation is 1. The van der Waals surface area contributed by atoms with Crippen molar-refractivity contribution in [2.45, 2.75) is 25.9 Å². The Labute approximate surface area is 159 Å². The first-order valence-corrected chi connectivity index (χ1v) is 10.1. The lowest BCUT2D eigenvalue weighted by Gasteiger charge is -2.21. The molecule has 0 atom stereocenters. The molecule has 0 saturated heterocycles. The van der Waals surface area contributed by atoms with Crippen LogP contribution in [0.1, 0.15) is 22.1 Å². The molecule has 4 aromatic rings. The largest absolute Gasteiger partial charge is 0.467 e. The summed E-state index contributed by atoms with van der Waals surface area (Å²) >= 11 is 3.33. The van der Waals surface area contributed by atoms with E-state index in [1.54, 1.807) is 28.9 Å². The fourth-order valence-corrected chi connectivity index (χ4v) is 4.50. The maximum Gasteiger partial charge on any atom is 0.223 e. The molecule has 3 heterocycles. The number of aromatic nitrogens is 1. The summed E-state index contributed by atoms with van der Waals surface area (Å²) in [5.41, 5.74) is 1.01. The topological polar surface area (TPSA) is 46.3 Å². The predicted octanol–water partition coefficient (Wildman–Crippen LogP) is 5.11. The first-order valence-electron chi connectivity index (χ1n) is 8.45. The molecule has 6 heteroatoms. The first-order chi connectivity index (χ1) is 12.8. The second kappa shape index (κ2) is 7.85. The van der Waals surface area contributed by atoms with Crippen LogP contribution in [0.25, 0.3) is 10.2 Å². The van der Waals surface area contributed by atoms with Crippen molar-refractivity contribution < 1.29 is 9.21 Å². The SMILES string of the molecule is O=C(CCc1nc2ccccc2s1)N(Cc1ccco1)Cc1cccs1. The highest BCUT2D eigenvalue weighted by Crippen LogP contribution is 2.23. The predicted molar refractivity (Wildman–Crippen MR) is 105 cm³/mol. The van der Waals surface area contributed by atoms with Gasteiger partial charge in [0.05, 0.1) is 34.6 Å². The van der Waals surface area contributed by atoms with Crippen molar-refractivity contribution >= 4 is 38.8 Å². The van der Waals surface area contributed by atoms with Crippen LogP contribution in [0.5, 0.6) is 0 Å². The van der Waals surface area contributed by atoms with Gasteiger partial charge in [0.2, 0.25) is 5.91 Å². The van der Waals surface area contributed by atoms with E-state index in [0.717, 1.165) is 16.3 Å². The molecule has 0 radical (unpaired) electrons. The molecule has 0 saturated carbocycles. The van der Waals surface area contributed by atoms with Gasteiger partial charge in [0.15, 0.2) is 0 Å². The Morgan fingerprint density at radius 3 is 2.77 bits per heavy atom. The maximum atomic E-state index is 12.8. The third-order valence-electron chi connectivity index (χ3n) is 4.10. The summed E-state index contributed by atoms with van der Waals surface area (Å²) in [6.07, 6.45) is 2.76. The zero-order valence-corrected chi connectivity index (χ0v) is 15.8. The van der Waals surface area contributed by atoms with E-state index in [4.69, 9.17) is 4.42 Å². The zero-order valence-electron chi connectivity index (χ0n) is 14.1. The highest BCUT2D eigenvalue weighted by Gasteiger charge is 2.17. The lowest BCUT2D eigenvalue weighted by atomic mass is 10.2. The van der Waals surface area contributed by atoms with Crippen LogP contribution in [0, 0.1) is 0 Å². The molecular weight excluding hydrogens is 364 g/mol. The number of hydrogen-bond donors (Lipinski definition) is 0. The van der Waals surface area contributed by atoms with Gasteiger partial charge in [0.25, 0.3) is 0 Å². The van der Waals surface area contributed by atoms with Crippen LogP contribution in [-0.2, 0) is 24.3 Å². The Hall–Kier alpha value is -2.44. The Kier molecular flexibility index (Phi) is 5.13. The summed E-state index contributed by atoms with van der Waals surface area (Å²) in [6, 6.07) is 15.9. The van der Waals surface area contributed by atoms with Crippen molar-refractivity contribution in [2.75, 3.05) is 0 Å². The molecule has 4 nitrogen and oxygen atoms in total. The van der Waals surface area contributed by atoms with Gasteiger partial charge in [-0.25, -0.2) is 4.98 Å². The number of nitrogens with zero attached hydrogens (tertiary/aromatic N) is 2. The van der Waals surface area contributed by atoms with Crippen molar-refractivity contribution in [2.24, 2.45) is 0 Å². The molecule has 0 aliphatic rings. The van der Waals surface area contributed by atoms with Gasteiger partial charge in [0.1, 0.15) is 5.76 Å². The molecule has 1 aromatic carbocycles. The average Bonchev–Trinajstić information content (AvgIpc) is 3.40. The van der Waals surface area contributed by atoms with Crippen molar-refractivity contribution in [1.29, 1.82) is 0 Å². The third-order valence-corrected chi connectivity index (χ3v) is 6.05. The second-order valence-electron chi connectivity index (χ2n) is 5.98. The number of hydrogen-bond acceptors (Lipinski definition) is 5. The monoisotopic (exact) mass is 382 g/mol. The summed E-state index contributed by atoms with van der Waals surface area (Å²) in [5.74, 6) is 0.920. The van der Waals surface area contributed by atoms with Gasteiger partial charge >= 0.3 is 0 Å². The van der Waals surface area contributed by atoms with Crippen molar-refractivity contribution in [3.8, 4) is 0 Å². The summed E-state index contributed by atoms with van der Waals surface area (Å²) in [7, 11) is 0. The number of carbonyl (C=O) groups is 1. The number of benzene rings is 1. The van der Waals surface area contributed by atoms with Gasteiger partial charge in [-0.15, -0.1) is 22.7 Å². The molecule has 0 unspecified atom stereocenters. The molecule has 0 aliphatic heterocycles. The summed E-state index contributed by atoms with van der Waals surface area (Å²) in [5, 5.41) is 3.04. The van der Waals surface area contributed by atoms with Gasteiger partial charge in [-0.05, 0) is 35.7 Å². The molecule has 26 heavy (non-hydrogen) atoms. The molecule has 1 amide bonds. The second-order valence-corrected chi connectivity index (χ2v) is 8.13. The molecule has 0 fully saturated rings. The molecule has 132 valence electrons. The van der Waals surface area contributed by atoms with Gasteiger partial charge in [-0.2, -0.15) is 0 Å². The van der Waals surface area contributed by atoms with E-state index in [-0.39, 0.29) is 5.91 Å². The number of thiophene rings is 1. The van der Waals surface area contributed by atoms with Gasteiger partial charge in [0, 0.05) is 17.7 Å². The van der Waals surface area contributed by atoms with Crippen LogP contribution >= 0.6 is 22.7 Å². The van der Waals surface area contributed by atoms with Crippen LogP contribution in [-0.4, -0.2) is 15.8 Å². The minimum absolute atomic E-state index is 0.119. The van der Waals surface area contributed by atoms with Gasteiger partial charge < -0.3 is 9.32 Å². The van der Waals surface area contributed by atoms with Crippen LogP contribution in [0.4, 0.5) is 0 Å². The fourth-order valence-electron chi connectivity index (χ4n) is 2.81. The lowest BCUT2D eigenvalue weighted by molar-refractivity contribution is -0.132. The summed E-state index contributed by atoms with van der Waals surface area (Å²) in [6.45, 7) is 1.10. The van der Waals surface area contributed by atoms with Crippen molar-refractivity contribution in [3.63, 3.8) is 0 Å². The molecule has 0 aliphatic carbocycles. The molecule has 0 N–H and O–H groups in total. The van der Waals surface area contributed by atoms with Crippen LogP contribution in [0.2, 0.25) is 0 Å². The maximum absolute atomic E-state index is 12.8. The van der Waals surface area contributed by atoms with Crippen LogP contribution < -0.4 is 0 Å².